The average molecular weight is 457 g/mol. The van der Waals surface area contributed by atoms with Gasteiger partial charge in [-0.3, -0.25) is 15.0 Å². The van der Waals surface area contributed by atoms with Crippen molar-refractivity contribution in [3.8, 4) is 5.75 Å². The van der Waals surface area contributed by atoms with Crippen LogP contribution in [0, 0.1) is 16.7 Å². The lowest BCUT2D eigenvalue weighted by atomic mass is 9.75. The van der Waals surface area contributed by atoms with Crippen LogP contribution in [0.15, 0.2) is 40.0 Å². The van der Waals surface area contributed by atoms with Crippen molar-refractivity contribution >= 4 is 11.7 Å². The van der Waals surface area contributed by atoms with Gasteiger partial charge in [0, 0.05) is 24.7 Å². The quantitative estimate of drug-likeness (QED) is 0.697. The van der Waals surface area contributed by atoms with Gasteiger partial charge in [-0.15, -0.1) is 0 Å². The molecule has 0 radical (unpaired) electrons. The maximum Gasteiger partial charge on any atom is 0.299 e. The van der Waals surface area contributed by atoms with Crippen LogP contribution in [0.1, 0.15) is 32.9 Å². The number of Topliss-reactive ketones (excluding diaryl/α,β-unsaturated/α-hetero) is 1. The maximum atomic E-state index is 13.5. The zero-order valence-electron chi connectivity index (χ0n) is 19.7. The fourth-order valence-electron chi connectivity index (χ4n) is 4.70. The van der Waals surface area contributed by atoms with E-state index in [1.54, 1.807) is 18.1 Å². The molecule has 9 nitrogen and oxygen atoms in total. The molecule has 1 aromatic heterocycles. The van der Waals surface area contributed by atoms with E-state index in [9.17, 15) is 14.7 Å². The molecule has 178 valence electrons. The molecule has 9 heteroatoms. The summed E-state index contributed by atoms with van der Waals surface area (Å²) in [7, 11) is 1.67. The summed E-state index contributed by atoms with van der Waals surface area (Å²) in [6, 6.07) is 2.94. The van der Waals surface area contributed by atoms with Gasteiger partial charge in [-0.25, -0.2) is 4.57 Å². The van der Waals surface area contributed by atoms with Crippen LogP contribution >= 0.6 is 0 Å². The number of allylic oxidation sites excluding steroid dienone is 2. The van der Waals surface area contributed by atoms with E-state index in [1.807, 2.05) is 6.08 Å². The molecular formula is C24H32N4O5. The van der Waals surface area contributed by atoms with Crippen molar-refractivity contribution in [1.29, 1.82) is 5.41 Å². The number of hydrogen-bond donors (Lipinski definition) is 2. The maximum absolute atomic E-state index is 13.5. The number of fused-ring (bicyclic) bond motifs is 1. The number of morpholine rings is 1. The van der Waals surface area contributed by atoms with E-state index in [0.29, 0.717) is 25.3 Å². The van der Waals surface area contributed by atoms with Crippen LogP contribution in [0.25, 0.3) is 0 Å². The van der Waals surface area contributed by atoms with Gasteiger partial charge in [-0.05, 0) is 35.6 Å². The van der Waals surface area contributed by atoms with E-state index in [4.69, 9.17) is 14.9 Å². The highest BCUT2D eigenvalue weighted by atomic mass is 16.5. The highest BCUT2D eigenvalue weighted by Crippen LogP contribution is 2.41. The van der Waals surface area contributed by atoms with Gasteiger partial charge in [0.05, 0.1) is 39.1 Å². The second-order valence-corrected chi connectivity index (χ2v) is 9.72. The smallest absolute Gasteiger partial charge is 0.299 e. The highest BCUT2D eigenvalue weighted by molar-refractivity contribution is 5.91. The molecule has 0 spiro atoms. The number of pyridine rings is 1. The molecule has 1 aliphatic carbocycles. The molecule has 0 amide bonds. The number of nitrogens with one attached hydrogen (secondary N) is 1. The molecule has 2 aliphatic heterocycles. The number of ether oxygens (including phenoxy) is 2. The first-order valence-electron chi connectivity index (χ1n) is 11.2. The average Bonchev–Trinajstić information content (AvgIpc) is 3.11. The molecule has 1 saturated heterocycles. The Hall–Kier alpha value is -3.07. The third-order valence-corrected chi connectivity index (χ3v) is 6.52. The van der Waals surface area contributed by atoms with Gasteiger partial charge in [0.2, 0.25) is 5.96 Å². The zero-order valence-corrected chi connectivity index (χ0v) is 19.7. The van der Waals surface area contributed by atoms with Gasteiger partial charge in [0.15, 0.2) is 11.5 Å². The van der Waals surface area contributed by atoms with Crippen molar-refractivity contribution < 1.29 is 19.4 Å². The number of carbonyl (C=O) groups excluding carboxylic acids is 1. The van der Waals surface area contributed by atoms with Crippen molar-refractivity contribution in [1.82, 2.24) is 14.4 Å². The van der Waals surface area contributed by atoms with Crippen LogP contribution in [0.4, 0.5) is 0 Å². The summed E-state index contributed by atoms with van der Waals surface area (Å²) in [6.45, 7) is 9.37. The summed E-state index contributed by atoms with van der Waals surface area (Å²) >= 11 is 0. The minimum Gasteiger partial charge on any atom is -0.503 e. The third-order valence-electron chi connectivity index (χ3n) is 6.52. The SMILES string of the molecule is COC1=C(C(C)(C)C)CC(C(=O)CN2Cc3ccc(O)c(=O)n3C2=N)C=C1N1CCOCC1. The number of carbonyl (C=O) groups is 1. The molecular weight excluding hydrogens is 424 g/mol. The lowest BCUT2D eigenvalue weighted by molar-refractivity contribution is -0.122. The van der Waals surface area contributed by atoms with Crippen LogP contribution in [0.3, 0.4) is 0 Å². The molecule has 3 aliphatic rings. The summed E-state index contributed by atoms with van der Waals surface area (Å²) in [5.41, 5.74) is 1.78. The number of methoxy groups -OCH3 is 1. The molecule has 2 N–H and O–H groups in total. The molecule has 1 aromatic rings. The molecule has 33 heavy (non-hydrogen) atoms. The van der Waals surface area contributed by atoms with Crippen LogP contribution in [-0.2, 0) is 20.8 Å². The number of aromatic hydroxyl groups is 1. The molecule has 4 rings (SSSR count). The summed E-state index contributed by atoms with van der Waals surface area (Å²) in [5.74, 6) is -0.0485. The van der Waals surface area contributed by atoms with Crippen molar-refractivity contribution in [3.63, 3.8) is 0 Å². The molecule has 0 saturated carbocycles. The Morgan fingerprint density at radius 2 is 1.97 bits per heavy atom. The Morgan fingerprint density at radius 3 is 2.61 bits per heavy atom. The fourth-order valence-corrected chi connectivity index (χ4v) is 4.70. The van der Waals surface area contributed by atoms with Gasteiger partial charge >= 0.3 is 0 Å². The first-order valence-corrected chi connectivity index (χ1v) is 11.2. The number of hydrogen-bond acceptors (Lipinski definition) is 7. The topological polar surface area (TPSA) is 108 Å². The number of rotatable bonds is 5. The first-order chi connectivity index (χ1) is 15.6. The first kappa shape index (κ1) is 23.1. The van der Waals surface area contributed by atoms with Crippen molar-refractivity contribution in [3.05, 3.63) is 51.3 Å². The van der Waals surface area contributed by atoms with E-state index in [0.717, 1.165) is 34.7 Å². The van der Waals surface area contributed by atoms with Crippen LogP contribution in [0.5, 0.6) is 5.75 Å². The minimum absolute atomic E-state index is 0.0119. The van der Waals surface area contributed by atoms with E-state index >= 15 is 0 Å². The van der Waals surface area contributed by atoms with Gasteiger partial charge < -0.3 is 24.4 Å². The van der Waals surface area contributed by atoms with Crippen molar-refractivity contribution in [2.45, 2.75) is 33.7 Å². The molecule has 1 fully saturated rings. The van der Waals surface area contributed by atoms with E-state index < -0.39 is 11.3 Å². The summed E-state index contributed by atoms with van der Waals surface area (Å²) in [6.07, 6.45) is 2.54. The van der Waals surface area contributed by atoms with Gasteiger partial charge in [0.1, 0.15) is 5.76 Å². The predicted molar refractivity (Wildman–Crippen MR) is 123 cm³/mol. The summed E-state index contributed by atoms with van der Waals surface area (Å²) in [4.78, 5) is 29.5. The van der Waals surface area contributed by atoms with Gasteiger partial charge in [-0.2, -0.15) is 0 Å². The zero-order chi connectivity index (χ0) is 23.9. The van der Waals surface area contributed by atoms with Gasteiger partial charge in [-0.1, -0.05) is 20.8 Å². The lowest BCUT2D eigenvalue weighted by Crippen LogP contribution is -2.41. The Morgan fingerprint density at radius 1 is 1.27 bits per heavy atom. The van der Waals surface area contributed by atoms with Crippen LogP contribution in [-0.4, -0.2) is 71.2 Å². The van der Waals surface area contributed by atoms with E-state index in [-0.39, 0.29) is 36.2 Å². The third kappa shape index (κ3) is 4.29. The highest BCUT2D eigenvalue weighted by Gasteiger charge is 2.37. The molecule has 0 bridgehead atoms. The second kappa shape index (κ2) is 8.70. The molecule has 3 heterocycles. The molecule has 1 unspecified atom stereocenters. The predicted octanol–water partition coefficient (Wildman–Crippen LogP) is 1.90. The number of ketones is 1. The van der Waals surface area contributed by atoms with E-state index in [2.05, 4.69) is 25.7 Å². The monoisotopic (exact) mass is 456 g/mol. The van der Waals surface area contributed by atoms with Crippen LogP contribution < -0.4 is 5.56 Å². The largest absolute Gasteiger partial charge is 0.503 e. The lowest BCUT2D eigenvalue weighted by Gasteiger charge is -2.38. The standard InChI is InChI=1S/C24H32N4O5/c1-24(2,3)17-11-15(12-18(21(17)32-4)26-7-9-33-10-8-26)20(30)14-27-13-16-5-6-19(29)22(31)28(16)23(27)25/h5-6,12,15,25,29H,7-11,13-14H2,1-4H3. The Bertz CT molecular complexity index is 1090. The second-order valence-electron chi connectivity index (χ2n) is 9.72. The number of nitrogens with zero attached hydrogens (tertiary/aromatic N) is 3. The Balaban J connectivity index is 1.60. The Kier molecular flexibility index (Phi) is 6.09. The minimum atomic E-state index is -0.637. The summed E-state index contributed by atoms with van der Waals surface area (Å²) < 4.78 is 12.5. The Labute approximate surface area is 193 Å². The molecule has 0 aromatic carbocycles. The fraction of sp³-hybridized carbons (Fsp3) is 0.542. The number of aromatic nitrogens is 1. The van der Waals surface area contributed by atoms with E-state index in [1.165, 1.54) is 6.07 Å². The van der Waals surface area contributed by atoms with Crippen LogP contribution in [0.2, 0.25) is 0 Å². The van der Waals surface area contributed by atoms with Crippen molar-refractivity contribution in [2.24, 2.45) is 11.3 Å². The normalized spacial score (nSPS) is 21.3. The van der Waals surface area contributed by atoms with Crippen molar-refractivity contribution in [2.75, 3.05) is 40.0 Å². The molecule has 1 atom stereocenters. The summed E-state index contributed by atoms with van der Waals surface area (Å²) in [5, 5.41) is 18.1. The van der Waals surface area contributed by atoms with Gasteiger partial charge in [0.25, 0.3) is 5.56 Å².